The van der Waals surface area contributed by atoms with Gasteiger partial charge in [-0.2, -0.15) is 13.2 Å². The van der Waals surface area contributed by atoms with Gasteiger partial charge in [0.25, 0.3) is 0 Å². The van der Waals surface area contributed by atoms with E-state index < -0.39 is 29.5 Å². The molecular weight excluding hydrogens is 329 g/mol. The van der Waals surface area contributed by atoms with Crippen molar-refractivity contribution in [1.82, 2.24) is 9.97 Å². The lowest BCUT2D eigenvalue weighted by Crippen LogP contribution is -2.14. The van der Waals surface area contributed by atoms with Crippen LogP contribution >= 0.6 is 0 Å². The highest BCUT2D eigenvalue weighted by atomic mass is 19.4. The maximum absolute atomic E-state index is 12.9. The lowest BCUT2D eigenvalue weighted by molar-refractivity contribution is -0.141. The number of pyridine rings is 2. The third-order valence-corrected chi connectivity index (χ3v) is 3.03. The molecule has 0 spiro atoms. The number of hydrogen-bond donors (Lipinski definition) is 0. The van der Waals surface area contributed by atoms with Crippen LogP contribution in [0.1, 0.15) is 26.4 Å². The zero-order valence-corrected chi connectivity index (χ0v) is 12.5. The van der Waals surface area contributed by atoms with Crippen LogP contribution in [0.2, 0.25) is 0 Å². The number of rotatable bonds is 3. The van der Waals surface area contributed by atoms with Crippen LogP contribution in [0.3, 0.4) is 0 Å². The fourth-order valence-corrected chi connectivity index (χ4v) is 1.94. The molecule has 9 heteroatoms. The van der Waals surface area contributed by atoms with Gasteiger partial charge < -0.3 is 9.47 Å². The smallest absolute Gasteiger partial charge is 0.433 e. The molecule has 0 aliphatic rings. The zero-order valence-electron chi connectivity index (χ0n) is 12.5. The van der Waals surface area contributed by atoms with E-state index >= 15 is 0 Å². The Bertz CT molecular complexity index is 791. The summed E-state index contributed by atoms with van der Waals surface area (Å²) >= 11 is 0. The molecule has 24 heavy (non-hydrogen) atoms. The second kappa shape index (κ2) is 6.65. The molecule has 0 bridgehead atoms. The molecule has 0 unspecified atom stereocenters. The Balaban J connectivity index is 2.76. The Kier molecular flexibility index (Phi) is 4.82. The number of carbonyl (C=O) groups is 2. The van der Waals surface area contributed by atoms with Crippen molar-refractivity contribution in [1.29, 1.82) is 0 Å². The number of halogens is 3. The lowest BCUT2D eigenvalue weighted by atomic mass is 10.0. The summed E-state index contributed by atoms with van der Waals surface area (Å²) in [5.74, 6) is -1.74. The van der Waals surface area contributed by atoms with E-state index in [1.807, 2.05) is 0 Å². The molecule has 0 saturated carbocycles. The molecule has 2 rings (SSSR count). The van der Waals surface area contributed by atoms with E-state index in [2.05, 4.69) is 19.4 Å². The van der Waals surface area contributed by atoms with E-state index in [1.54, 1.807) is 0 Å². The van der Waals surface area contributed by atoms with Crippen molar-refractivity contribution in [2.45, 2.75) is 6.18 Å². The highest BCUT2D eigenvalue weighted by molar-refractivity contribution is 6.01. The molecule has 0 atom stereocenters. The van der Waals surface area contributed by atoms with Crippen LogP contribution in [-0.2, 0) is 15.7 Å². The monoisotopic (exact) mass is 340 g/mol. The molecule has 0 aromatic carbocycles. The minimum atomic E-state index is -4.73. The summed E-state index contributed by atoms with van der Waals surface area (Å²) in [5, 5.41) is 0. The molecule has 0 saturated heterocycles. The van der Waals surface area contributed by atoms with Gasteiger partial charge in [0.05, 0.1) is 25.3 Å². The molecule has 0 amide bonds. The molecule has 2 aromatic rings. The summed E-state index contributed by atoms with van der Waals surface area (Å²) in [6.07, 6.45) is -3.48. The number of aromatic nitrogens is 2. The van der Waals surface area contributed by atoms with Gasteiger partial charge in [0.1, 0.15) is 17.1 Å². The molecular formula is C15H11F3N2O4. The third-order valence-electron chi connectivity index (χ3n) is 3.03. The van der Waals surface area contributed by atoms with Gasteiger partial charge >= 0.3 is 18.1 Å². The molecule has 0 radical (unpaired) electrons. The van der Waals surface area contributed by atoms with E-state index in [1.165, 1.54) is 18.3 Å². The van der Waals surface area contributed by atoms with Gasteiger partial charge in [-0.15, -0.1) is 0 Å². The minimum Gasteiger partial charge on any atom is -0.465 e. The van der Waals surface area contributed by atoms with Gasteiger partial charge in [-0.3, -0.25) is 4.98 Å². The first-order chi connectivity index (χ1) is 11.3. The average molecular weight is 340 g/mol. The number of ether oxygens (including phenoxy) is 2. The normalized spacial score (nSPS) is 11.0. The molecule has 0 N–H and O–H groups in total. The summed E-state index contributed by atoms with van der Waals surface area (Å²) < 4.78 is 47.9. The van der Waals surface area contributed by atoms with E-state index in [-0.39, 0.29) is 16.8 Å². The van der Waals surface area contributed by atoms with E-state index in [0.29, 0.717) is 6.07 Å². The maximum Gasteiger partial charge on any atom is 0.433 e. The summed E-state index contributed by atoms with van der Waals surface area (Å²) in [4.78, 5) is 31.0. The highest BCUT2D eigenvalue weighted by Gasteiger charge is 2.34. The number of carbonyl (C=O) groups excluding carboxylic acids is 2. The van der Waals surface area contributed by atoms with Crippen LogP contribution in [0.15, 0.2) is 30.5 Å². The molecule has 6 nitrogen and oxygen atoms in total. The SMILES string of the molecule is COC(=O)c1cccnc1-c1nc(C(F)(F)F)ccc1C(=O)OC. The Morgan fingerprint density at radius 2 is 1.54 bits per heavy atom. The predicted molar refractivity (Wildman–Crippen MR) is 75.1 cm³/mol. The van der Waals surface area contributed by atoms with Gasteiger partial charge in [0.15, 0.2) is 0 Å². The van der Waals surface area contributed by atoms with E-state index in [9.17, 15) is 22.8 Å². The maximum atomic E-state index is 12.9. The van der Waals surface area contributed by atoms with Gasteiger partial charge in [0.2, 0.25) is 0 Å². The fourth-order valence-electron chi connectivity index (χ4n) is 1.94. The number of esters is 2. The minimum absolute atomic E-state index is 0.128. The number of methoxy groups -OCH3 is 2. The summed E-state index contributed by atoms with van der Waals surface area (Å²) in [7, 11) is 2.18. The topological polar surface area (TPSA) is 78.4 Å². The summed E-state index contributed by atoms with van der Waals surface area (Å²) in [6, 6.07) is 4.28. The molecule has 2 heterocycles. The fraction of sp³-hybridized carbons (Fsp3) is 0.200. The van der Waals surface area contributed by atoms with E-state index in [4.69, 9.17) is 0 Å². The van der Waals surface area contributed by atoms with Gasteiger partial charge in [0, 0.05) is 6.20 Å². The number of nitrogens with zero attached hydrogens (tertiary/aromatic N) is 2. The van der Waals surface area contributed by atoms with Crippen LogP contribution in [0, 0.1) is 0 Å². The molecule has 126 valence electrons. The Hall–Kier alpha value is -2.97. The Morgan fingerprint density at radius 3 is 2.08 bits per heavy atom. The molecule has 0 fully saturated rings. The lowest BCUT2D eigenvalue weighted by Gasteiger charge is -2.13. The second-order valence-electron chi connectivity index (χ2n) is 4.47. The summed E-state index contributed by atoms with van der Waals surface area (Å²) in [6.45, 7) is 0. The second-order valence-corrected chi connectivity index (χ2v) is 4.47. The molecule has 0 aliphatic carbocycles. The van der Waals surface area contributed by atoms with Crippen LogP contribution in [-0.4, -0.2) is 36.1 Å². The Labute approximate surface area is 134 Å². The van der Waals surface area contributed by atoms with Crippen LogP contribution in [0.25, 0.3) is 11.4 Å². The summed E-state index contributed by atoms with van der Waals surface area (Å²) in [5.41, 5.74) is -2.24. The van der Waals surface area contributed by atoms with Gasteiger partial charge in [-0.05, 0) is 24.3 Å². The largest absolute Gasteiger partial charge is 0.465 e. The van der Waals surface area contributed by atoms with Crippen molar-refractivity contribution in [3.05, 3.63) is 47.3 Å². The van der Waals surface area contributed by atoms with Gasteiger partial charge in [-0.25, -0.2) is 14.6 Å². The van der Waals surface area contributed by atoms with Crippen molar-refractivity contribution < 1.29 is 32.2 Å². The standard InChI is InChI=1S/C15H11F3N2O4/c1-23-13(21)8-4-3-7-19-11(8)12-9(14(22)24-2)5-6-10(20-12)15(16,17)18/h3-7H,1-2H3. The van der Waals surface area contributed by atoms with Crippen molar-refractivity contribution in [3.63, 3.8) is 0 Å². The average Bonchev–Trinajstić information content (AvgIpc) is 2.59. The third kappa shape index (κ3) is 3.34. The van der Waals surface area contributed by atoms with Crippen LogP contribution in [0.5, 0.6) is 0 Å². The van der Waals surface area contributed by atoms with Crippen LogP contribution in [0.4, 0.5) is 13.2 Å². The molecule has 2 aromatic heterocycles. The molecule has 0 aliphatic heterocycles. The first-order valence-electron chi connectivity index (χ1n) is 6.49. The first kappa shape index (κ1) is 17.4. The first-order valence-corrected chi connectivity index (χ1v) is 6.49. The zero-order chi connectivity index (χ0) is 17.9. The van der Waals surface area contributed by atoms with Gasteiger partial charge in [-0.1, -0.05) is 0 Å². The number of hydrogen-bond acceptors (Lipinski definition) is 6. The predicted octanol–water partition coefficient (Wildman–Crippen LogP) is 2.74. The van der Waals surface area contributed by atoms with E-state index in [0.717, 1.165) is 20.3 Å². The Morgan fingerprint density at radius 1 is 0.958 bits per heavy atom. The highest BCUT2D eigenvalue weighted by Crippen LogP contribution is 2.32. The van der Waals surface area contributed by atoms with Crippen LogP contribution < -0.4 is 0 Å². The van der Waals surface area contributed by atoms with Crippen molar-refractivity contribution in [2.75, 3.05) is 14.2 Å². The number of alkyl halides is 3. The van der Waals surface area contributed by atoms with Crippen molar-refractivity contribution >= 4 is 11.9 Å². The van der Waals surface area contributed by atoms with Crippen molar-refractivity contribution in [3.8, 4) is 11.4 Å². The quantitative estimate of drug-likeness (QED) is 0.800. The van der Waals surface area contributed by atoms with Crippen molar-refractivity contribution in [2.24, 2.45) is 0 Å².